The molecule has 0 aromatic carbocycles. The van der Waals surface area contributed by atoms with Gasteiger partial charge in [0.25, 0.3) is 5.91 Å². The van der Waals surface area contributed by atoms with Gasteiger partial charge in [0, 0.05) is 38.4 Å². The molecule has 2 heterocycles. The Bertz CT molecular complexity index is 547. The molecule has 1 unspecified atom stereocenters. The summed E-state index contributed by atoms with van der Waals surface area (Å²) in [6.07, 6.45) is -1.81. The van der Waals surface area contributed by atoms with Gasteiger partial charge >= 0.3 is 6.18 Å². The second kappa shape index (κ2) is 7.83. The Balaban J connectivity index is 1.95. The van der Waals surface area contributed by atoms with Crippen LogP contribution in [0.1, 0.15) is 30.6 Å². The summed E-state index contributed by atoms with van der Waals surface area (Å²) in [6, 6.07) is 3.22. The SMILES string of the molecule is CCCNC(=O)c1ccc(N2CCN(CC(F)(F)F)C(C)C2)nc1. The Labute approximate surface area is 139 Å². The van der Waals surface area contributed by atoms with Gasteiger partial charge in [0.2, 0.25) is 0 Å². The number of hydrogen-bond donors (Lipinski definition) is 1. The van der Waals surface area contributed by atoms with Gasteiger partial charge in [-0.05, 0) is 25.5 Å². The number of piperazine rings is 1. The van der Waals surface area contributed by atoms with E-state index in [0.717, 1.165) is 6.42 Å². The highest BCUT2D eigenvalue weighted by molar-refractivity contribution is 5.94. The fraction of sp³-hybridized carbons (Fsp3) is 0.625. The minimum atomic E-state index is -4.18. The van der Waals surface area contributed by atoms with Crippen LogP contribution in [0.4, 0.5) is 19.0 Å². The topological polar surface area (TPSA) is 48.5 Å². The number of alkyl halides is 3. The van der Waals surface area contributed by atoms with Gasteiger partial charge in [0.05, 0.1) is 12.1 Å². The number of nitrogens with zero attached hydrogens (tertiary/aromatic N) is 3. The number of carbonyl (C=O) groups is 1. The number of rotatable bonds is 5. The van der Waals surface area contributed by atoms with Gasteiger partial charge in [-0.15, -0.1) is 0 Å². The van der Waals surface area contributed by atoms with Crippen LogP contribution in [0.3, 0.4) is 0 Å². The zero-order chi connectivity index (χ0) is 17.7. The van der Waals surface area contributed by atoms with Crippen LogP contribution in [0, 0.1) is 0 Å². The van der Waals surface area contributed by atoms with Gasteiger partial charge in [0.1, 0.15) is 5.82 Å². The monoisotopic (exact) mass is 344 g/mol. The van der Waals surface area contributed by atoms with E-state index in [-0.39, 0.29) is 11.9 Å². The highest BCUT2D eigenvalue weighted by Gasteiger charge is 2.35. The Morgan fingerprint density at radius 1 is 1.38 bits per heavy atom. The predicted molar refractivity (Wildman–Crippen MR) is 86.2 cm³/mol. The van der Waals surface area contributed by atoms with E-state index in [1.54, 1.807) is 19.1 Å². The summed E-state index contributed by atoms with van der Waals surface area (Å²) >= 11 is 0. The van der Waals surface area contributed by atoms with E-state index in [0.29, 0.717) is 37.6 Å². The number of halogens is 3. The molecular formula is C16H23F3N4O. The molecule has 0 radical (unpaired) electrons. The lowest BCUT2D eigenvalue weighted by atomic mass is 10.2. The maximum absolute atomic E-state index is 12.5. The molecule has 0 aliphatic carbocycles. The van der Waals surface area contributed by atoms with Gasteiger partial charge in [-0.2, -0.15) is 13.2 Å². The van der Waals surface area contributed by atoms with Gasteiger partial charge in [0.15, 0.2) is 0 Å². The van der Waals surface area contributed by atoms with E-state index in [4.69, 9.17) is 0 Å². The van der Waals surface area contributed by atoms with Crippen LogP contribution >= 0.6 is 0 Å². The summed E-state index contributed by atoms with van der Waals surface area (Å²) in [5, 5.41) is 2.78. The first kappa shape index (κ1) is 18.5. The molecule has 2 rings (SSSR count). The molecule has 1 N–H and O–H groups in total. The fourth-order valence-corrected chi connectivity index (χ4v) is 2.72. The molecule has 134 valence electrons. The van der Waals surface area contributed by atoms with Crippen molar-refractivity contribution in [3.05, 3.63) is 23.9 Å². The molecule has 0 spiro atoms. The Hall–Kier alpha value is -1.83. The van der Waals surface area contributed by atoms with Crippen molar-refractivity contribution < 1.29 is 18.0 Å². The average Bonchev–Trinajstić information content (AvgIpc) is 2.53. The van der Waals surface area contributed by atoms with Crippen molar-refractivity contribution in [3.63, 3.8) is 0 Å². The van der Waals surface area contributed by atoms with Crippen LogP contribution in [0.5, 0.6) is 0 Å². The molecule has 1 aromatic heterocycles. The number of carbonyl (C=O) groups excluding carboxylic acids is 1. The summed E-state index contributed by atoms with van der Waals surface area (Å²) in [5.74, 6) is 0.514. The van der Waals surface area contributed by atoms with Crippen molar-refractivity contribution in [2.24, 2.45) is 0 Å². The van der Waals surface area contributed by atoms with Gasteiger partial charge in [-0.3, -0.25) is 9.69 Å². The number of aromatic nitrogens is 1. The number of anilines is 1. The van der Waals surface area contributed by atoms with Crippen molar-refractivity contribution in [3.8, 4) is 0 Å². The van der Waals surface area contributed by atoms with Gasteiger partial charge < -0.3 is 10.2 Å². The zero-order valence-electron chi connectivity index (χ0n) is 13.9. The summed E-state index contributed by atoms with van der Waals surface area (Å²) in [4.78, 5) is 19.5. The molecule has 1 saturated heterocycles. The Morgan fingerprint density at radius 3 is 2.67 bits per heavy atom. The third-order valence-corrected chi connectivity index (χ3v) is 4.02. The summed E-state index contributed by atoms with van der Waals surface area (Å²) in [7, 11) is 0. The molecule has 8 heteroatoms. The number of nitrogens with one attached hydrogen (secondary N) is 1. The van der Waals surface area contributed by atoms with Gasteiger partial charge in [-0.25, -0.2) is 4.98 Å². The van der Waals surface area contributed by atoms with Gasteiger partial charge in [-0.1, -0.05) is 6.92 Å². The minimum absolute atomic E-state index is 0.167. The Kier molecular flexibility index (Phi) is 6.04. The van der Waals surface area contributed by atoms with Crippen LogP contribution in [-0.4, -0.2) is 60.7 Å². The number of amides is 1. The smallest absolute Gasteiger partial charge is 0.354 e. The normalized spacial score (nSPS) is 19.4. The van der Waals surface area contributed by atoms with E-state index in [1.807, 2.05) is 11.8 Å². The second-order valence-corrected chi connectivity index (χ2v) is 6.04. The van der Waals surface area contributed by atoms with Crippen LogP contribution in [-0.2, 0) is 0 Å². The van der Waals surface area contributed by atoms with Crippen molar-refractivity contribution in [1.82, 2.24) is 15.2 Å². The van der Waals surface area contributed by atoms with E-state index in [2.05, 4.69) is 10.3 Å². The molecule has 0 bridgehead atoms. The average molecular weight is 344 g/mol. The van der Waals surface area contributed by atoms with Crippen LogP contribution < -0.4 is 10.2 Å². The molecular weight excluding hydrogens is 321 g/mol. The highest BCUT2D eigenvalue weighted by atomic mass is 19.4. The first-order chi connectivity index (χ1) is 11.3. The number of hydrogen-bond acceptors (Lipinski definition) is 4. The number of pyridine rings is 1. The maximum Gasteiger partial charge on any atom is 0.401 e. The van der Waals surface area contributed by atoms with Crippen LogP contribution in [0.15, 0.2) is 18.3 Å². The van der Waals surface area contributed by atoms with Crippen LogP contribution in [0.2, 0.25) is 0 Å². The first-order valence-electron chi connectivity index (χ1n) is 8.10. The largest absolute Gasteiger partial charge is 0.401 e. The molecule has 1 amide bonds. The standard InChI is InChI=1S/C16H23F3N4O/c1-3-6-20-15(24)13-4-5-14(21-9-13)22-7-8-23(12(2)10-22)11-16(17,18)19/h4-5,9,12H,3,6-8,10-11H2,1-2H3,(H,20,24). The molecule has 0 saturated carbocycles. The van der Waals surface area contributed by atoms with Crippen molar-refractivity contribution in [1.29, 1.82) is 0 Å². The predicted octanol–water partition coefficient (Wildman–Crippen LogP) is 2.29. The first-order valence-corrected chi connectivity index (χ1v) is 8.10. The molecule has 1 fully saturated rings. The second-order valence-electron chi connectivity index (χ2n) is 6.04. The summed E-state index contributed by atoms with van der Waals surface area (Å²) < 4.78 is 37.6. The van der Waals surface area contributed by atoms with E-state index in [9.17, 15) is 18.0 Å². The summed E-state index contributed by atoms with van der Waals surface area (Å²) in [6.45, 7) is 4.78. The minimum Gasteiger partial charge on any atom is -0.354 e. The third kappa shape index (κ3) is 5.09. The molecule has 1 aliphatic rings. The molecule has 1 aromatic rings. The van der Waals surface area contributed by atoms with Crippen LogP contribution in [0.25, 0.3) is 0 Å². The quantitative estimate of drug-likeness (QED) is 0.890. The van der Waals surface area contributed by atoms with E-state index in [1.165, 1.54) is 11.1 Å². The van der Waals surface area contributed by atoms with E-state index < -0.39 is 12.7 Å². The lowest BCUT2D eigenvalue weighted by molar-refractivity contribution is -0.150. The summed E-state index contributed by atoms with van der Waals surface area (Å²) in [5.41, 5.74) is 0.482. The Morgan fingerprint density at radius 2 is 2.12 bits per heavy atom. The van der Waals surface area contributed by atoms with Crippen molar-refractivity contribution in [2.75, 3.05) is 37.6 Å². The molecule has 24 heavy (non-hydrogen) atoms. The van der Waals surface area contributed by atoms with Crippen molar-refractivity contribution in [2.45, 2.75) is 32.5 Å². The molecule has 1 atom stereocenters. The lowest BCUT2D eigenvalue weighted by Gasteiger charge is -2.40. The van der Waals surface area contributed by atoms with E-state index >= 15 is 0 Å². The molecule has 1 aliphatic heterocycles. The fourth-order valence-electron chi connectivity index (χ4n) is 2.72. The zero-order valence-corrected chi connectivity index (χ0v) is 13.9. The third-order valence-electron chi connectivity index (χ3n) is 4.02. The van der Waals surface area contributed by atoms with Crippen molar-refractivity contribution >= 4 is 11.7 Å². The lowest BCUT2D eigenvalue weighted by Crippen LogP contribution is -2.54. The molecule has 5 nitrogen and oxygen atoms in total. The maximum atomic E-state index is 12.5. The highest BCUT2D eigenvalue weighted by Crippen LogP contribution is 2.22.